The van der Waals surface area contributed by atoms with Crippen LogP contribution < -0.4 is 5.73 Å². The van der Waals surface area contributed by atoms with Crippen molar-refractivity contribution in [2.45, 2.75) is 13.8 Å². The fourth-order valence-corrected chi connectivity index (χ4v) is 2.54. The lowest BCUT2D eigenvalue weighted by molar-refractivity contribution is 0.893. The van der Waals surface area contributed by atoms with Gasteiger partial charge in [0.25, 0.3) is 0 Å². The predicted octanol–water partition coefficient (Wildman–Crippen LogP) is 3.38. The maximum atomic E-state index is 5.97. The average molecular weight is 317 g/mol. The fraction of sp³-hybridized carbons (Fsp3) is 0.143. The van der Waals surface area contributed by atoms with Crippen LogP contribution in [0.3, 0.4) is 0 Å². The van der Waals surface area contributed by atoms with Crippen LogP contribution in [0.1, 0.15) is 11.1 Å². The zero-order chi connectivity index (χ0) is 13.6. The van der Waals surface area contributed by atoms with Crippen LogP contribution in [0, 0.1) is 13.8 Å². The van der Waals surface area contributed by atoms with Crippen molar-refractivity contribution in [3.8, 4) is 5.69 Å². The van der Waals surface area contributed by atoms with E-state index < -0.39 is 0 Å². The van der Waals surface area contributed by atoms with Gasteiger partial charge in [-0.1, -0.05) is 17.7 Å². The highest BCUT2D eigenvalue weighted by molar-refractivity contribution is 9.10. The summed E-state index contributed by atoms with van der Waals surface area (Å²) in [6.07, 6.45) is 1.75. The molecule has 2 N–H and O–H groups in total. The van der Waals surface area contributed by atoms with E-state index in [-0.39, 0.29) is 0 Å². The molecule has 0 radical (unpaired) electrons. The molecule has 2 heterocycles. The van der Waals surface area contributed by atoms with Crippen molar-refractivity contribution in [2.75, 3.05) is 5.73 Å². The summed E-state index contributed by atoms with van der Waals surface area (Å²) in [5.74, 6) is 0.490. The van der Waals surface area contributed by atoms with Gasteiger partial charge in [-0.05, 0) is 47.5 Å². The molecule has 19 heavy (non-hydrogen) atoms. The van der Waals surface area contributed by atoms with Gasteiger partial charge in [0.1, 0.15) is 0 Å². The molecule has 0 amide bonds. The summed E-state index contributed by atoms with van der Waals surface area (Å²) in [6.45, 7) is 4.13. The maximum Gasteiger partial charge on any atom is 0.165 e. The van der Waals surface area contributed by atoms with Crippen molar-refractivity contribution >= 4 is 32.8 Å². The third-order valence-electron chi connectivity index (χ3n) is 3.10. The molecule has 0 bridgehead atoms. The summed E-state index contributed by atoms with van der Waals surface area (Å²) < 4.78 is 2.69. The van der Waals surface area contributed by atoms with E-state index in [1.165, 1.54) is 5.56 Å². The van der Waals surface area contributed by atoms with E-state index in [1.807, 2.05) is 12.1 Å². The van der Waals surface area contributed by atoms with Crippen molar-refractivity contribution in [3.63, 3.8) is 0 Å². The number of hydrogen-bond acceptors (Lipinski definition) is 3. The van der Waals surface area contributed by atoms with Crippen molar-refractivity contribution in [1.82, 2.24) is 14.8 Å². The van der Waals surface area contributed by atoms with Crippen LogP contribution in [0.5, 0.6) is 0 Å². The Balaban J connectivity index is 2.31. The Labute approximate surface area is 119 Å². The molecule has 0 unspecified atom stereocenters. The highest BCUT2D eigenvalue weighted by Crippen LogP contribution is 2.26. The first-order chi connectivity index (χ1) is 9.06. The number of aryl methyl sites for hydroxylation is 2. The summed E-state index contributed by atoms with van der Waals surface area (Å²) in [6, 6.07) is 8.16. The second-order valence-electron chi connectivity index (χ2n) is 4.61. The number of nitrogens with two attached hydrogens (primary N) is 1. The highest BCUT2D eigenvalue weighted by atomic mass is 79.9. The van der Waals surface area contributed by atoms with Crippen molar-refractivity contribution < 1.29 is 0 Å². The number of fused-ring (bicyclic) bond motifs is 1. The first-order valence-corrected chi connectivity index (χ1v) is 6.73. The number of halogens is 1. The van der Waals surface area contributed by atoms with E-state index in [0.717, 1.165) is 26.8 Å². The molecule has 0 saturated carbocycles. The Morgan fingerprint density at radius 1 is 1.21 bits per heavy atom. The summed E-state index contributed by atoms with van der Waals surface area (Å²) in [5.41, 5.74) is 10.1. The molecule has 0 aliphatic heterocycles. The van der Waals surface area contributed by atoms with E-state index in [4.69, 9.17) is 5.73 Å². The average Bonchev–Trinajstić information content (AvgIpc) is 2.66. The molecule has 0 spiro atoms. The monoisotopic (exact) mass is 316 g/mol. The molecule has 4 nitrogen and oxygen atoms in total. The molecule has 0 atom stereocenters. The Bertz CT molecular complexity index is 776. The van der Waals surface area contributed by atoms with Crippen LogP contribution in [-0.2, 0) is 0 Å². The molecular weight excluding hydrogens is 304 g/mol. The molecule has 0 fully saturated rings. The van der Waals surface area contributed by atoms with Gasteiger partial charge in [0.2, 0.25) is 0 Å². The Hall–Kier alpha value is -1.88. The van der Waals surface area contributed by atoms with Gasteiger partial charge in [0, 0.05) is 10.7 Å². The molecule has 1 aromatic carbocycles. The smallest absolute Gasteiger partial charge is 0.165 e. The summed E-state index contributed by atoms with van der Waals surface area (Å²) in [4.78, 5) is 4.42. The number of pyridine rings is 1. The van der Waals surface area contributed by atoms with Crippen LogP contribution in [0.15, 0.2) is 34.9 Å². The van der Waals surface area contributed by atoms with Crippen LogP contribution in [0.4, 0.5) is 5.82 Å². The second-order valence-corrected chi connectivity index (χ2v) is 5.53. The SMILES string of the molecule is Cc1ccc(-n2nc(N)c3cc(Br)cnc32)c(C)c1. The van der Waals surface area contributed by atoms with E-state index in [2.05, 4.69) is 52.0 Å². The van der Waals surface area contributed by atoms with Crippen molar-refractivity contribution in [1.29, 1.82) is 0 Å². The van der Waals surface area contributed by atoms with Crippen molar-refractivity contribution in [2.24, 2.45) is 0 Å². The molecular formula is C14H13BrN4. The molecule has 2 aromatic heterocycles. The largest absolute Gasteiger partial charge is 0.382 e. The third kappa shape index (κ3) is 2.00. The van der Waals surface area contributed by atoms with E-state index in [9.17, 15) is 0 Å². The molecule has 3 aromatic rings. The fourth-order valence-electron chi connectivity index (χ4n) is 2.21. The van der Waals surface area contributed by atoms with Gasteiger partial charge in [0.05, 0.1) is 11.1 Å². The summed E-state index contributed by atoms with van der Waals surface area (Å²) >= 11 is 3.40. The number of anilines is 1. The number of aromatic nitrogens is 3. The minimum Gasteiger partial charge on any atom is -0.382 e. The zero-order valence-corrected chi connectivity index (χ0v) is 12.3. The molecule has 3 rings (SSSR count). The Kier molecular flexibility index (Phi) is 2.78. The van der Waals surface area contributed by atoms with Gasteiger partial charge in [-0.2, -0.15) is 0 Å². The zero-order valence-electron chi connectivity index (χ0n) is 10.7. The highest BCUT2D eigenvalue weighted by Gasteiger charge is 2.12. The van der Waals surface area contributed by atoms with Crippen LogP contribution in [0.25, 0.3) is 16.7 Å². The lowest BCUT2D eigenvalue weighted by Gasteiger charge is -2.07. The summed E-state index contributed by atoms with van der Waals surface area (Å²) in [7, 11) is 0. The minimum absolute atomic E-state index is 0.490. The van der Waals surface area contributed by atoms with Gasteiger partial charge in [-0.25, -0.2) is 9.67 Å². The van der Waals surface area contributed by atoms with Crippen LogP contribution in [0.2, 0.25) is 0 Å². The lowest BCUT2D eigenvalue weighted by Crippen LogP contribution is -2.01. The second kappa shape index (κ2) is 4.35. The third-order valence-corrected chi connectivity index (χ3v) is 3.53. The number of nitrogens with zero attached hydrogens (tertiary/aromatic N) is 3. The quantitative estimate of drug-likeness (QED) is 0.748. The van der Waals surface area contributed by atoms with Crippen LogP contribution >= 0.6 is 15.9 Å². The van der Waals surface area contributed by atoms with E-state index in [0.29, 0.717) is 5.82 Å². The van der Waals surface area contributed by atoms with Crippen LogP contribution in [-0.4, -0.2) is 14.8 Å². The van der Waals surface area contributed by atoms with Gasteiger partial charge < -0.3 is 5.73 Å². The lowest BCUT2D eigenvalue weighted by atomic mass is 10.1. The Morgan fingerprint density at radius 2 is 2.00 bits per heavy atom. The molecule has 96 valence electrons. The standard InChI is InChI=1S/C14H13BrN4/c1-8-3-4-12(9(2)5-8)19-14-11(13(16)18-19)6-10(15)7-17-14/h3-7H,1-2H3,(H2,16,18). The number of hydrogen-bond donors (Lipinski definition) is 1. The molecule has 5 heteroatoms. The van der Waals surface area contributed by atoms with Crippen molar-refractivity contribution in [3.05, 3.63) is 46.1 Å². The number of nitrogen functional groups attached to an aromatic ring is 1. The molecule has 0 aliphatic carbocycles. The van der Waals surface area contributed by atoms with Gasteiger partial charge in [-0.3, -0.25) is 0 Å². The summed E-state index contributed by atoms with van der Waals surface area (Å²) in [5, 5.41) is 5.26. The topological polar surface area (TPSA) is 56.7 Å². The molecule has 0 saturated heterocycles. The first-order valence-electron chi connectivity index (χ1n) is 5.93. The number of benzene rings is 1. The maximum absolute atomic E-state index is 5.97. The van der Waals surface area contributed by atoms with E-state index in [1.54, 1.807) is 10.9 Å². The minimum atomic E-state index is 0.490. The Morgan fingerprint density at radius 3 is 2.74 bits per heavy atom. The first kappa shape index (κ1) is 12.2. The van der Waals surface area contributed by atoms with E-state index >= 15 is 0 Å². The van der Waals surface area contributed by atoms with Gasteiger partial charge in [-0.15, -0.1) is 5.10 Å². The normalized spacial score (nSPS) is 11.1. The number of rotatable bonds is 1. The molecule has 0 aliphatic rings. The predicted molar refractivity (Wildman–Crippen MR) is 80.5 cm³/mol. The van der Waals surface area contributed by atoms with Gasteiger partial charge in [0.15, 0.2) is 11.5 Å². The van der Waals surface area contributed by atoms with Gasteiger partial charge >= 0.3 is 0 Å².